The second-order valence-electron chi connectivity index (χ2n) is 6.91. The van der Waals surface area contributed by atoms with Crippen LogP contribution in [0.5, 0.6) is 0 Å². The third kappa shape index (κ3) is 5.39. The van der Waals surface area contributed by atoms with Crippen LogP contribution in [0.25, 0.3) is 11.4 Å². The van der Waals surface area contributed by atoms with Gasteiger partial charge in [-0.1, -0.05) is 24.3 Å². The quantitative estimate of drug-likeness (QED) is 0.384. The number of nitrogens with zero attached hydrogens (tertiary/aromatic N) is 4. The van der Waals surface area contributed by atoms with Gasteiger partial charge < -0.3 is 15.7 Å². The highest BCUT2D eigenvalue weighted by atomic mass is 19.1. The van der Waals surface area contributed by atoms with Crippen LogP contribution in [0.4, 0.5) is 21.8 Å². The van der Waals surface area contributed by atoms with Crippen molar-refractivity contribution < 1.29 is 14.3 Å². The lowest BCUT2D eigenvalue weighted by molar-refractivity contribution is -0.136. The first-order valence-corrected chi connectivity index (χ1v) is 9.77. The monoisotopic (exact) mass is 430 g/mol. The van der Waals surface area contributed by atoms with Crippen molar-refractivity contribution in [3.63, 3.8) is 0 Å². The maximum absolute atomic E-state index is 13.1. The third-order valence-electron chi connectivity index (χ3n) is 4.53. The Bertz CT molecular complexity index is 1230. The number of halogens is 1. The predicted octanol–water partition coefficient (Wildman–Crippen LogP) is 4.06. The van der Waals surface area contributed by atoms with Crippen molar-refractivity contribution in [2.45, 2.75) is 13.0 Å². The van der Waals surface area contributed by atoms with Crippen LogP contribution in [0.2, 0.25) is 0 Å². The van der Waals surface area contributed by atoms with Crippen molar-refractivity contribution >= 4 is 23.4 Å². The molecule has 2 heterocycles. The second kappa shape index (κ2) is 9.61. The molecule has 4 rings (SSSR count). The summed E-state index contributed by atoms with van der Waals surface area (Å²) in [7, 11) is 0. The summed E-state index contributed by atoms with van der Waals surface area (Å²) in [6, 6.07) is 16.9. The smallest absolute Gasteiger partial charge is 0.307 e. The van der Waals surface area contributed by atoms with Crippen LogP contribution in [-0.2, 0) is 17.8 Å². The molecule has 160 valence electrons. The van der Waals surface area contributed by atoms with Gasteiger partial charge in [0.1, 0.15) is 18.0 Å². The van der Waals surface area contributed by atoms with Gasteiger partial charge in [0.05, 0.1) is 12.0 Å². The molecule has 0 aliphatic heterocycles. The van der Waals surface area contributed by atoms with Crippen LogP contribution in [0.1, 0.15) is 11.1 Å². The molecule has 0 radical (unpaired) electrons. The number of carbonyl (C=O) groups is 1. The SMILES string of the molecule is O=C(O)Cc1cccc(Nc2ncnc(-c3cccnc3NCc3ccc(F)cc3)n2)c1. The summed E-state index contributed by atoms with van der Waals surface area (Å²) in [5.74, 6) is 0.125. The van der Waals surface area contributed by atoms with Crippen LogP contribution in [-0.4, -0.2) is 31.0 Å². The van der Waals surface area contributed by atoms with Crippen LogP contribution >= 0.6 is 0 Å². The molecule has 0 amide bonds. The Morgan fingerprint density at radius 2 is 1.81 bits per heavy atom. The zero-order chi connectivity index (χ0) is 22.3. The predicted molar refractivity (Wildman–Crippen MR) is 118 cm³/mol. The van der Waals surface area contributed by atoms with E-state index in [1.54, 1.807) is 48.7 Å². The lowest BCUT2D eigenvalue weighted by Crippen LogP contribution is -2.05. The molecule has 2 aromatic carbocycles. The topological polar surface area (TPSA) is 113 Å². The lowest BCUT2D eigenvalue weighted by atomic mass is 10.1. The number of rotatable bonds is 8. The van der Waals surface area contributed by atoms with Crippen molar-refractivity contribution in [1.29, 1.82) is 0 Å². The van der Waals surface area contributed by atoms with E-state index in [4.69, 9.17) is 5.11 Å². The average molecular weight is 430 g/mol. The molecule has 0 spiro atoms. The second-order valence-corrected chi connectivity index (χ2v) is 6.91. The molecule has 0 fully saturated rings. The van der Waals surface area contributed by atoms with Gasteiger partial charge in [-0.05, 0) is 47.5 Å². The van der Waals surface area contributed by atoms with Crippen molar-refractivity contribution in [1.82, 2.24) is 19.9 Å². The number of aliphatic carboxylic acids is 1. The molecule has 0 bridgehead atoms. The molecule has 0 saturated heterocycles. The number of hydrogen-bond donors (Lipinski definition) is 3. The number of carboxylic acid groups (broad SMARTS) is 1. The summed E-state index contributed by atoms with van der Waals surface area (Å²) in [4.78, 5) is 28.2. The number of nitrogens with one attached hydrogen (secondary N) is 2. The van der Waals surface area contributed by atoms with Crippen molar-refractivity contribution in [3.05, 3.63) is 90.1 Å². The molecule has 0 saturated carbocycles. The van der Waals surface area contributed by atoms with Gasteiger partial charge in [0.25, 0.3) is 0 Å². The summed E-state index contributed by atoms with van der Waals surface area (Å²) < 4.78 is 13.1. The van der Waals surface area contributed by atoms with E-state index >= 15 is 0 Å². The van der Waals surface area contributed by atoms with Gasteiger partial charge in [-0.15, -0.1) is 0 Å². The number of pyridine rings is 1. The fourth-order valence-corrected chi connectivity index (χ4v) is 3.06. The van der Waals surface area contributed by atoms with Gasteiger partial charge in [-0.25, -0.2) is 19.3 Å². The van der Waals surface area contributed by atoms with E-state index in [0.717, 1.165) is 5.56 Å². The average Bonchev–Trinajstić information content (AvgIpc) is 2.79. The fourth-order valence-electron chi connectivity index (χ4n) is 3.06. The first-order chi connectivity index (χ1) is 15.6. The Hall–Kier alpha value is -4.40. The molecule has 0 aliphatic rings. The molecule has 0 aliphatic carbocycles. The van der Waals surface area contributed by atoms with Gasteiger partial charge in [-0.2, -0.15) is 4.98 Å². The highest BCUT2D eigenvalue weighted by Crippen LogP contribution is 2.24. The summed E-state index contributed by atoms with van der Waals surface area (Å²) in [5.41, 5.74) is 2.92. The largest absolute Gasteiger partial charge is 0.481 e. The zero-order valence-electron chi connectivity index (χ0n) is 16.9. The molecule has 8 nitrogen and oxygen atoms in total. The third-order valence-corrected chi connectivity index (χ3v) is 4.53. The van der Waals surface area contributed by atoms with Crippen molar-refractivity contribution in [2.75, 3.05) is 10.6 Å². The van der Waals surface area contributed by atoms with E-state index in [0.29, 0.717) is 40.9 Å². The minimum Gasteiger partial charge on any atom is -0.481 e. The molecular formula is C23H19FN6O2. The minimum atomic E-state index is -0.901. The number of anilines is 3. The van der Waals surface area contributed by atoms with E-state index in [1.807, 2.05) is 6.07 Å². The van der Waals surface area contributed by atoms with Crippen molar-refractivity contribution in [2.24, 2.45) is 0 Å². The number of hydrogen-bond acceptors (Lipinski definition) is 7. The van der Waals surface area contributed by atoms with Gasteiger partial charge in [0.15, 0.2) is 5.82 Å². The van der Waals surface area contributed by atoms with Gasteiger partial charge in [0, 0.05) is 18.4 Å². The molecule has 9 heteroatoms. The van der Waals surface area contributed by atoms with E-state index < -0.39 is 5.97 Å². The Morgan fingerprint density at radius 1 is 0.969 bits per heavy atom. The first-order valence-electron chi connectivity index (χ1n) is 9.77. The summed E-state index contributed by atoms with van der Waals surface area (Å²) >= 11 is 0. The molecular weight excluding hydrogens is 411 g/mol. The van der Waals surface area contributed by atoms with Crippen molar-refractivity contribution in [3.8, 4) is 11.4 Å². The summed E-state index contributed by atoms with van der Waals surface area (Å²) in [6.07, 6.45) is 2.98. The maximum atomic E-state index is 13.1. The zero-order valence-corrected chi connectivity index (χ0v) is 16.9. The normalized spacial score (nSPS) is 10.5. The van der Waals surface area contributed by atoms with E-state index in [9.17, 15) is 9.18 Å². The molecule has 32 heavy (non-hydrogen) atoms. The van der Waals surface area contributed by atoms with Gasteiger partial charge >= 0.3 is 5.97 Å². The Balaban J connectivity index is 1.53. The minimum absolute atomic E-state index is 0.0727. The fraction of sp³-hybridized carbons (Fsp3) is 0.0870. The molecule has 0 unspecified atom stereocenters. The molecule has 4 aromatic rings. The highest BCUT2D eigenvalue weighted by Gasteiger charge is 2.11. The van der Waals surface area contributed by atoms with Gasteiger partial charge in [0.2, 0.25) is 5.95 Å². The lowest BCUT2D eigenvalue weighted by Gasteiger charge is -2.11. The van der Waals surface area contributed by atoms with Crippen LogP contribution in [0.3, 0.4) is 0 Å². The number of benzene rings is 2. The highest BCUT2D eigenvalue weighted by molar-refractivity contribution is 5.72. The summed E-state index contributed by atoms with van der Waals surface area (Å²) in [6.45, 7) is 0.455. The van der Waals surface area contributed by atoms with Crippen LogP contribution in [0, 0.1) is 5.82 Å². The maximum Gasteiger partial charge on any atom is 0.307 e. The van der Waals surface area contributed by atoms with Crippen LogP contribution in [0.15, 0.2) is 73.2 Å². The van der Waals surface area contributed by atoms with E-state index in [2.05, 4.69) is 30.6 Å². The van der Waals surface area contributed by atoms with E-state index in [-0.39, 0.29) is 12.2 Å². The van der Waals surface area contributed by atoms with E-state index in [1.165, 1.54) is 18.5 Å². The standard InChI is InChI=1S/C23H19FN6O2/c24-17-8-6-15(7-9-17)13-26-21-19(5-2-10-25-21)22-27-14-28-23(30-22)29-18-4-1-3-16(11-18)12-20(31)32/h1-11,14H,12-13H2,(H,25,26)(H,31,32)(H,27,28,29,30). The molecule has 3 N–H and O–H groups in total. The Morgan fingerprint density at radius 3 is 2.62 bits per heavy atom. The first kappa shape index (κ1) is 20.9. The molecule has 0 atom stereocenters. The summed E-state index contributed by atoms with van der Waals surface area (Å²) in [5, 5.41) is 15.3. The van der Waals surface area contributed by atoms with Crippen LogP contribution < -0.4 is 10.6 Å². The number of aromatic nitrogens is 4. The Kier molecular flexibility index (Phi) is 6.26. The Labute approximate surface area is 183 Å². The molecule has 2 aromatic heterocycles. The van der Waals surface area contributed by atoms with Gasteiger partial charge in [-0.3, -0.25) is 4.79 Å². The number of carboxylic acids is 1.